The third-order valence-corrected chi connectivity index (χ3v) is 3.35. The Morgan fingerprint density at radius 1 is 1.19 bits per heavy atom. The summed E-state index contributed by atoms with van der Waals surface area (Å²) in [6, 6.07) is 4.35. The number of hydrogen-bond donors (Lipinski definition) is 0. The molecule has 0 aliphatic rings. The van der Waals surface area contributed by atoms with Crippen LogP contribution >= 0.6 is 0 Å². The predicted molar refractivity (Wildman–Crippen MR) is 79.4 cm³/mol. The Balaban J connectivity index is 2.22. The van der Waals surface area contributed by atoms with Gasteiger partial charge in [0, 0.05) is 11.1 Å². The second-order valence-electron chi connectivity index (χ2n) is 5.01. The fourth-order valence-corrected chi connectivity index (χ4v) is 2.03. The lowest BCUT2D eigenvalue weighted by atomic mass is 10.1. The van der Waals surface area contributed by atoms with E-state index in [1.165, 1.54) is 45.4 Å². The third-order valence-electron chi connectivity index (χ3n) is 3.35. The van der Waals surface area contributed by atoms with Crippen LogP contribution in [0.25, 0.3) is 11.4 Å². The smallest absolute Gasteiger partial charge is 0.467 e. The van der Waals surface area contributed by atoms with Crippen LogP contribution in [0.15, 0.2) is 28.8 Å². The second-order valence-corrected chi connectivity index (χ2v) is 5.01. The van der Waals surface area contributed by atoms with Crippen molar-refractivity contribution in [1.29, 1.82) is 0 Å². The van der Waals surface area contributed by atoms with Gasteiger partial charge in [-0.05, 0) is 19.1 Å². The highest BCUT2D eigenvalue weighted by Crippen LogP contribution is 2.29. The normalized spacial score (nSPS) is 12.5. The first-order valence-electron chi connectivity index (χ1n) is 7.16. The van der Waals surface area contributed by atoms with Crippen LogP contribution in [0.3, 0.4) is 0 Å². The molecule has 0 aliphatic carbocycles. The molecule has 0 aliphatic heterocycles. The first-order valence-corrected chi connectivity index (χ1v) is 7.16. The van der Waals surface area contributed by atoms with E-state index >= 15 is 0 Å². The quantitative estimate of drug-likeness (QED) is 0.586. The van der Waals surface area contributed by atoms with Gasteiger partial charge in [-0.3, -0.25) is 9.63 Å². The molecular formula is C15H14F3N3O5. The number of esters is 1. The number of methoxy groups -OCH3 is 1. The van der Waals surface area contributed by atoms with Gasteiger partial charge in [0.25, 0.3) is 5.91 Å². The van der Waals surface area contributed by atoms with Gasteiger partial charge in [0.1, 0.15) is 0 Å². The minimum Gasteiger partial charge on any atom is -0.467 e. The van der Waals surface area contributed by atoms with Crippen LogP contribution in [-0.4, -0.2) is 47.3 Å². The fraction of sp³-hybridized carbons (Fsp3) is 0.333. The van der Waals surface area contributed by atoms with Crippen molar-refractivity contribution in [3.05, 3.63) is 35.7 Å². The molecule has 0 bridgehead atoms. The summed E-state index contributed by atoms with van der Waals surface area (Å²) < 4.78 is 46.2. The van der Waals surface area contributed by atoms with Crippen LogP contribution in [-0.2, 0) is 20.5 Å². The lowest BCUT2D eigenvalue weighted by molar-refractivity contribution is -0.166. The number of amides is 1. The molecule has 0 unspecified atom stereocenters. The van der Waals surface area contributed by atoms with E-state index in [4.69, 9.17) is 4.84 Å². The van der Waals surface area contributed by atoms with Gasteiger partial charge in [0.05, 0.1) is 14.2 Å². The van der Waals surface area contributed by atoms with Crippen LogP contribution in [0.1, 0.15) is 23.2 Å². The molecule has 11 heteroatoms. The van der Waals surface area contributed by atoms with E-state index < -0.39 is 30.0 Å². The molecule has 0 saturated carbocycles. The molecule has 1 heterocycles. The van der Waals surface area contributed by atoms with Gasteiger partial charge in [-0.2, -0.15) is 18.2 Å². The standard InChI is InChI=1S/C15H14F3N3O5/c1-8(13(23)24-2)21(25-3)12(22)10-6-4-9(5-7-10)11-19-14(26-20-11)15(16,17)18/h4-8H,1-3H3/t8-/m0/s1. The number of benzene rings is 1. The number of rotatable bonds is 5. The predicted octanol–water partition coefficient (Wildman–Crippen LogP) is 2.32. The maximum absolute atomic E-state index is 12.5. The molecule has 0 saturated heterocycles. The molecule has 26 heavy (non-hydrogen) atoms. The Hall–Kier alpha value is -2.95. The molecule has 2 rings (SSSR count). The van der Waals surface area contributed by atoms with E-state index in [2.05, 4.69) is 19.4 Å². The average molecular weight is 373 g/mol. The van der Waals surface area contributed by atoms with Gasteiger partial charge >= 0.3 is 18.0 Å². The van der Waals surface area contributed by atoms with Crippen molar-refractivity contribution < 1.29 is 36.9 Å². The number of halogens is 3. The Morgan fingerprint density at radius 3 is 2.27 bits per heavy atom. The second kappa shape index (κ2) is 7.52. The zero-order valence-corrected chi connectivity index (χ0v) is 13.9. The van der Waals surface area contributed by atoms with Gasteiger partial charge < -0.3 is 9.26 Å². The van der Waals surface area contributed by atoms with Gasteiger partial charge in [-0.1, -0.05) is 17.3 Å². The Bertz CT molecular complexity index is 789. The molecule has 0 radical (unpaired) electrons. The molecule has 0 N–H and O–H groups in total. The van der Waals surface area contributed by atoms with Crippen LogP contribution in [0.5, 0.6) is 0 Å². The third kappa shape index (κ3) is 3.99. The molecule has 1 aromatic carbocycles. The minimum atomic E-state index is -4.75. The summed E-state index contributed by atoms with van der Waals surface area (Å²) in [6.07, 6.45) is -4.75. The molecule has 1 atom stereocenters. The summed E-state index contributed by atoms with van der Waals surface area (Å²) in [5.74, 6) is -3.06. The number of carbonyl (C=O) groups is 2. The van der Waals surface area contributed by atoms with Gasteiger partial charge in [0.2, 0.25) is 5.82 Å². The lowest BCUT2D eigenvalue weighted by Crippen LogP contribution is -2.43. The van der Waals surface area contributed by atoms with Crippen molar-refractivity contribution in [2.75, 3.05) is 14.2 Å². The van der Waals surface area contributed by atoms with Crippen molar-refractivity contribution in [3.63, 3.8) is 0 Å². The van der Waals surface area contributed by atoms with Gasteiger partial charge in [-0.25, -0.2) is 9.86 Å². The molecule has 0 spiro atoms. The maximum Gasteiger partial charge on any atom is 0.471 e. The number of nitrogens with zero attached hydrogens (tertiary/aromatic N) is 3. The zero-order valence-electron chi connectivity index (χ0n) is 13.9. The molecule has 8 nitrogen and oxygen atoms in total. The molecular weight excluding hydrogens is 359 g/mol. The van der Waals surface area contributed by atoms with Crippen LogP contribution in [0, 0.1) is 0 Å². The maximum atomic E-state index is 12.5. The van der Waals surface area contributed by atoms with Crippen LogP contribution in [0.2, 0.25) is 0 Å². The Labute approximate surface area is 145 Å². The number of hydrogen-bond acceptors (Lipinski definition) is 7. The van der Waals surface area contributed by atoms with Crippen LogP contribution in [0.4, 0.5) is 13.2 Å². The van der Waals surface area contributed by atoms with E-state index in [-0.39, 0.29) is 17.0 Å². The van der Waals surface area contributed by atoms with Crippen molar-refractivity contribution in [1.82, 2.24) is 15.2 Å². The molecule has 140 valence electrons. The van der Waals surface area contributed by atoms with Crippen molar-refractivity contribution in [2.45, 2.75) is 19.1 Å². The Morgan fingerprint density at radius 2 is 1.81 bits per heavy atom. The Kier molecular flexibility index (Phi) is 5.60. The van der Waals surface area contributed by atoms with E-state index in [0.29, 0.717) is 0 Å². The molecule has 1 amide bonds. The lowest BCUT2D eigenvalue weighted by Gasteiger charge is -2.24. The van der Waals surface area contributed by atoms with E-state index in [1.807, 2.05) is 0 Å². The van der Waals surface area contributed by atoms with Crippen molar-refractivity contribution >= 4 is 11.9 Å². The van der Waals surface area contributed by atoms with E-state index in [9.17, 15) is 22.8 Å². The molecule has 1 aromatic heterocycles. The SMILES string of the molecule is COC(=O)[C@H](C)N(OC)C(=O)c1ccc(-c2noc(C(F)(F)F)n2)cc1. The topological polar surface area (TPSA) is 94.8 Å². The number of hydroxylamine groups is 2. The largest absolute Gasteiger partial charge is 0.471 e. The highest BCUT2D eigenvalue weighted by molar-refractivity contribution is 5.96. The summed E-state index contributed by atoms with van der Waals surface area (Å²) in [7, 11) is 2.38. The number of aromatic nitrogens is 2. The number of carbonyl (C=O) groups excluding carboxylic acids is 2. The van der Waals surface area contributed by atoms with Crippen molar-refractivity contribution in [3.8, 4) is 11.4 Å². The van der Waals surface area contributed by atoms with Crippen LogP contribution < -0.4 is 0 Å². The first-order chi connectivity index (χ1) is 12.2. The highest BCUT2D eigenvalue weighted by atomic mass is 19.4. The van der Waals surface area contributed by atoms with Crippen molar-refractivity contribution in [2.24, 2.45) is 0 Å². The zero-order chi connectivity index (χ0) is 19.5. The highest BCUT2D eigenvalue weighted by Gasteiger charge is 2.38. The summed E-state index contributed by atoms with van der Waals surface area (Å²) >= 11 is 0. The number of ether oxygens (including phenoxy) is 1. The summed E-state index contributed by atoms with van der Waals surface area (Å²) in [5.41, 5.74) is 0.344. The van der Waals surface area contributed by atoms with E-state index in [1.54, 1.807) is 0 Å². The molecule has 2 aromatic rings. The average Bonchev–Trinajstić information content (AvgIpc) is 3.12. The summed E-state index contributed by atoms with van der Waals surface area (Å²) in [4.78, 5) is 32.2. The minimum absolute atomic E-state index is 0.130. The monoisotopic (exact) mass is 373 g/mol. The fourth-order valence-electron chi connectivity index (χ4n) is 2.03. The van der Waals surface area contributed by atoms with E-state index in [0.717, 1.165) is 5.06 Å². The van der Waals surface area contributed by atoms with Gasteiger partial charge in [0.15, 0.2) is 6.04 Å². The summed E-state index contributed by atoms with van der Waals surface area (Å²) in [5, 5.41) is 4.07. The number of alkyl halides is 3. The summed E-state index contributed by atoms with van der Waals surface area (Å²) in [6.45, 7) is 1.42. The van der Waals surface area contributed by atoms with Gasteiger partial charge in [-0.15, -0.1) is 0 Å². The first kappa shape index (κ1) is 19.4. The molecule has 0 fully saturated rings.